The van der Waals surface area contributed by atoms with Gasteiger partial charge in [0.25, 0.3) is 0 Å². The first-order valence-corrected chi connectivity index (χ1v) is 11.9. The van der Waals surface area contributed by atoms with Crippen molar-refractivity contribution in [3.8, 4) is 0 Å². The van der Waals surface area contributed by atoms with Gasteiger partial charge in [0.1, 0.15) is 6.04 Å². The largest absolute Gasteiger partial charge is 0.462 e. The topological polar surface area (TPSA) is 102 Å². The monoisotopic (exact) mass is 496 g/mol. The Morgan fingerprint density at radius 3 is 2.43 bits per heavy atom. The normalized spacial score (nSPS) is 12.2. The Balaban J connectivity index is 2.18. The van der Waals surface area contributed by atoms with Gasteiger partial charge in [-0.1, -0.05) is 41.8 Å². The molecule has 1 amide bonds. The van der Waals surface area contributed by atoms with E-state index >= 15 is 0 Å². The lowest BCUT2D eigenvalue weighted by atomic mass is 10.1. The van der Waals surface area contributed by atoms with E-state index in [4.69, 9.17) is 4.74 Å². The maximum atomic E-state index is 12.8. The molecule has 1 atom stereocenters. The highest BCUT2D eigenvalue weighted by Crippen LogP contribution is 2.17. The fraction of sp³-hybridized carbons (Fsp3) is 0.333. The number of esters is 1. The molecule has 1 unspecified atom stereocenters. The molecule has 9 heteroatoms. The Kier molecular flexibility index (Phi) is 9.01. The second-order valence-corrected chi connectivity index (χ2v) is 9.19. The molecular formula is C21H25BrN2O5S. The molecule has 30 heavy (non-hydrogen) atoms. The Morgan fingerprint density at radius 2 is 1.80 bits per heavy atom. The molecule has 0 bridgehead atoms. The van der Waals surface area contributed by atoms with E-state index in [2.05, 4.69) is 26.0 Å². The first-order chi connectivity index (χ1) is 14.3. The second kappa shape index (κ2) is 11.2. The number of rotatable bonds is 10. The van der Waals surface area contributed by atoms with Crippen molar-refractivity contribution in [1.29, 1.82) is 0 Å². The van der Waals surface area contributed by atoms with Gasteiger partial charge in [-0.25, -0.2) is 13.2 Å². The average molecular weight is 497 g/mol. The summed E-state index contributed by atoms with van der Waals surface area (Å²) >= 11 is 3.27. The van der Waals surface area contributed by atoms with Crippen LogP contribution in [-0.4, -0.2) is 32.9 Å². The van der Waals surface area contributed by atoms with Crippen molar-refractivity contribution in [1.82, 2.24) is 4.72 Å². The third-order valence-electron chi connectivity index (χ3n) is 4.23. The number of carbonyl (C=O) groups is 2. The minimum Gasteiger partial charge on any atom is -0.462 e. The molecule has 0 radical (unpaired) electrons. The zero-order valence-corrected chi connectivity index (χ0v) is 19.3. The fourth-order valence-corrected chi connectivity index (χ4v) is 4.18. The van der Waals surface area contributed by atoms with Gasteiger partial charge in [0, 0.05) is 10.2 Å². The first kappa shape index (κ1) is 24.0. The van der Waals surface area contributed by atoms with Crippen LogP contribution in [0.3, 0.4) is 0 Å². The molecule has 0 saturated carbocycles. The van der Waals surface area contributed by atoms with Crippen LogP contribution < -0.4 is 10.0 Å². The van der Waals surface area contributed by atoms with Crippen molar-refractivity contribution in [3.63, 3.8) is 0 Å². The van der Waals surface area contributed by atoms with Gasteiger partial charge in [-0.15, -0.1) is 0 Å². The highest BCUT2D eigenvalue weighted by Gasteiger charge is 2.25. The van der Waals surface area contributed by atoms with Crippen LogP contribution in [0.25, 0.3) is 0 Å². The number of amides is 1. The van der Waals surface area contributed by atoms with Gasteiger partial charge in [-0.3, -0.25) is 4.79 Å². The van der Waals surface area contributed by atoms with Gasteiger partial charge in [-0.05, 0) is 55.8 Å². The van der Waals surface area contributed by atoms with Crippen molar-refractivity contribution < 1.29 is 22.7 Å². The summed E-state index contributed by atoms with van der Waals surface area (Å²) < 4.78 is 33.7. The SMILES string of the molecule is CCCCC(NS(=O)(=O)c1ccc(Br)cc1)C(=O)Nc1cccc(C(=O)OCC)c1. The van der Waals surface area contributed by atoms with E-state index in [1.54, 1.807) is 37.3 Å². The predicted octanol–water partition coefficient (Wildman–Crippen LogP) is 4.10. The molecule has 162 valence electrons. The van der Waals surface area contributed by atoms with E-state index in [1.807, 2.05) is 6.92 Å². The molecule has 0 fully saturated rings. The number of hydrogen-bond donors (Lipinski definition) is 2. The average Bonchev–Trinajstić information content (AvgIpc) is 2.71. The fourth-order valence-electron chi connectivity index (χ4n) is 2.69. The van der Waals surface area contributed by atoms with Gasteiger partial charge >= 0.3 is 5.97 Å². The molecule has 0 spiro atoms. The summed E-state index contributed by atoms with van der Waals surface area (Å²) in [7, 11) is -3.88. The van der Waals surface area contributed by atoms with Crippen LogP contribution in [0.4, 0.5) is 5.69 Å². The van der Waals surface area contributed by atoms with E-state index in [0.29, 0.717) is 24.1 Å². The van der Waals surface area contributed by atoms with Crippen LogP contribution in [0.1, 0.15) is 43.5 Å². The van der Waals surface area contributed by atoms with Gasteiger partial charge in [0.15, 0.2) is 0 Å². The zero-order chi connectivity index (χ0) is 22.1. The van der Waals surface area contributed by atoms with Crippen LogP contribution in [0, 0.1) is 0 Å². The van der Waals surface area contributed by atoms with Crippen LogP contribution >= 0.6 is 15.9 Å². The number of nitrogens with one attached hydrogen (secondary N) is 2. The maximum absolute atomic E-state index is 12.8. The number of benzene rings is 2. The van der Waals surface area contributed by atoms with E-state index < -0.39 is 27.9 Å². The molecule has 0 aliphatic carbocycles. The number of unbranched alkanes of at least 4 members (excludes halogenated alkanes) is 1. The standard InChI is InChI=1S/C21H25BrN2O5S/c1-3-5-9-19(24-30(27,28)18-12-10-16(22)11-13-18)20(25)23-17-8-6-7-15(14-17)21(26)29-4-2/h6-8,10-14,19,24H,3-5,9H2,1-2H3,(H,23,25). The minimum absolute atomic E-state index is 0.0734. The third kappa shape index (κ3) is 6.93. The van der Waals surface area contributed by atoms with Gasteiger partial charge in [0.05, 0.1) is 17.1 Å². The van der Waals surface area contributed by atoms with E-state index in [9.17, 15) is 18.0 Å². The Labute approximate surface area is 185 Å². The van der Waals surface area contributed by atoms with Crippen LogP contribution in [0.2, 0.25) is 0 Å². The van der Waals surface area contributed by atoms with Gasteiger partial charge in [0.2, 0.25) is 15.9 Å². The smallest absolute Gasteiger partial charge is 0.338 e. The lowest BCUT2D eigenvalue weighted by Gasteiger charge is -2.18. The molecule has 7 nitrogen and oxygen atoms in total. The summed E-state index contributed by atoms with van der Waals surface area (Å²) in [5.74, 6) is -0.989. The number of ether oxygens (including phenoxy) is 1. The molecule has 0 aromatic heterocycles. The highest BCUT2D eigenvalue weighted by atomic mass is 79.9. The highest BCUT2D eigenvalue weighted by molar-refractivity contribution is 9.10. The van der Waals surface area contributed by atoms with Crippen LogP contribution in [0.15, 0.2) is 57.9 Å². The molecule has 2 N–H and O–H groups in total. The molecule has 0 aliphatic heterocycles. The number of hydrogen-bond acceptors (Lipinski definition) is 5. The predicted molar refractivity (Wildman–Crippen MR) is 119 cm³/mol. The summed E-state index contributed by atoms with van der Waals surface area (Å²) in [5, 5.41) is 2.69. The summed E-state index contributed by atoms with van der Waals surface area (Å²) in [5.41, 5.74) is 0.685. The number of anilines is 1. The maximum Gasteiger partial charge on any atom is 0.338 e. The molecule has 0 saturated heterocycles. The summed E-state index contributed by atoms with van der Waals surface area (Å²) in [6.07, 6.45) is 1.82. The summed E-state index contributed by atoms with van der Waals surface area (Å²) in [6.45, 7) is 3.91. The Morgan fingerprint density at radius 1 is 1.10 bits per heavy atom. The molecule has 0 aliphatic rings. The van der Waals surface area contributed by atoms with E-state index in [0.717, 1.165) is 10.9 Å². The van der Waals surface area contributed by atoms with Crippen molar-refractivity contribution in [2.24, 2.45) is 0 Å². The molecule has 2 aromatic carbocycles. The second-order valence-electron chi connectivity index (χ2n) is 6.56. The van der Waals surface area contributed by atoms with Crippen LogP contribution in [-0.2, 0) is 19.6 Å². The molecular weight excluding hydrogens is 472 g/mol. The number of carbonyl (C=O) groups excluding carboxylic acids is 2. The number of sulfonamides is 1. The molecule has 0 heterocycles. The van der Waals surface area contributed by atoms with E-state index in [1.165, 1.54) is 18.2 Å². The number of halogens is 1. The van der Waals surface area contributed by atoms with Crippen molar-refractivity contribution in [3.05, 3.63) is 58.6 Å². The molecule has 2 aromatic rings. The van der Waals surface area contributed by atoms with Crippen LogP contribution in [0.5, 0.6) is 0 Å². The lowest BCUT2D eigenvalue weighted by Crippen LogP contribution is -2.43. The summed E-state index contributed by atoms with van der Waals surface area (Å²) in [4.78, 5) is 24.8. The zero-order valence-electron chi connectivity index (χ0n) is 16.9. The first-order valence-electron chi connectivity index (χ1n) is 9.62. The Bertz CT molecular complexity index is 977. The lowest BCUT2D eigenvalue weighted by molar-refractivity contribution is -0.117. The molecule has 2 rings (SSSR count). The van der Waals surface area contributed by atoms with Crippen molar-refractivity contribution in [2.75, 3.05) is 11.9 Å². The van der Waals surface area contributed by atoms with Gasteiger partial charge in [-0.2, -0.15) is 4.72 Å². The van der Waals surface area contributed by atoms with Crippen molar-refractivity contribution >= 4 is 43.5 Å². The quantitative estimate of drug-likeness (QED) is 0.482. The third-order valence-corrected chi connectivity index (χ3v) is 6.24. The van der Waals surface area contributed by atoms with E-state index in [-0.39, 0.29) is 11.5 Å². The Hall–Kier alpha value is -2.23. The van der Waals surface area contributed by atoms with Gasteiger partial charge < -0.3 is 10.1 Å². The minimum atomic E-state index is -3.88. The summed E-state index contributed by atoms with van der Waals surface area (Å²) in [6, 6.07) is 11.5. The van der Waals surface area contributed by atoms with Crippen molar-refractivity contribution in [2.45, 2.75) is 44.0 Å².